The van der Waals surface area contributed by atoms with Crippen molar-refractivity contribution < 1.29 is 14.0 Å². The van der Waals surface area contributed by atoms with Crippen LogP contribution in [0.15, 0.2) is 73.1 Å². The van der Waals surface area contributed by atoms with Gasteiger partial charge < -0.3 is 10.6 Å². The fraction of sp³-hybridized carbons (Fsp3) is 0.0952. The molecule has 2 amide bonds. The molecular formula is C21H18FN3O2. The molecule has 0 aliphatic rings. The molecular weight excluding hydrogens is 345 g/mol. The molecule has 1 aromatic heterocycles. The monoisotopic (exact) mass is 363 g/mol. The average Bonchev–Trinajstić information content (AvgIpc) is 2.67. The highest BCUT2D eigenvalue weighted by Gasteiger charge is 2.18. The molecule has 5 nitrogen and oxygen atoms in total. The second-order valence-corrected chi connectivity index (χ2v) is 6.00. The van der Waals surface area contributed by atoms with Gasteiger partial charge in [-0.25, -0.2) is 4.39 Å². The minimum atomic E-state index is -0.448. The Balaban J connectivity index is 1.84. The number of hydrogen-bond acceptors (Lipinski definition) is 3. The zero-order chi connectivity index (χ0) is 19.2. The summed E-state index contributed by atoms with van der Waals surface area (Å²) in [6.45, 7) is 1.42. The Morgan fingerprint density at radius 2 is 1.48 bits per heavy atom. The summed E-state index contributed by atoms with van der Waals surface area (Å²) in [6, 6.07) is 15.7. The van der Waals surface area contributed by atoms with E-state index in [1.54, 1.807) is 60.9 Å². The molecule has 0 saturated carbocycles. The highest BCUT2D eigenvalue weighted by atomic mass is 19.1. The van der Waals surface area contributed by atoms with Gasteiger partial charge in [-0.1, -0.05) is 12.1 Å². The summed E-state index contributed by atoms with van der Waals surface area (Å²) in [5, 5.41) is 5.62. The summed E-state index contributed by atoms with van der Waals surface area (Å²) in [5.74, 6) is -0.802. The van der Waals surface area contributed by atoms with E-state index in [4.69, 9.17) is 0 Å². The van der Waals surface area contributed by atoms with Gasteiger partial charge in [0.25, 0.3) is 5.91 Å². The third-order valence-corrected chi connectivity index (χ3v) is 3.99. The molecule has 0 spiro atoms. The van der Waals surface area contributed by atoms with E-state index in [0.29, 0.717) is 11.3 Å². The van der Waals surface area contributed by atoms with Gasteiger partial charge in [0.05, 0.1) is 6.04 Å². The van der Waals surface area contributed by atoms with E-state index in [-0.39, 0.29) is 17.6 Å². The molecule has 0 radical (unpaired) electrons. The normalized spacial score (nSPS) is 11.5. The largest absolute Gasteiger partial charge is 0.341 e. The lowest BCUT2D eigenvalue weighted by Gasteiger charge is -2.20. The highest BCUT2D eigenvalue weighted by Crippen LogP contribution is 2.23. The van der Waals surface area contributed by atoms with Crippen LogP contribution in [0.5, 0.6) is 0 Å². The van der Waals surface area contributed by atoms with Crippen molar-refractivity contribution in [1.29, 1.82) is 0 Å². The van der Waals surface area contributed by atoms with Crippen LogP contribution >= 0.6 is 0 Å². The van der Waals surface area contributed by atoms with Crippen LogP contribution in [-0.2, 0) is 4.79 Å². The van der Waals surface area contributed by atoms with Gasteiger partial charge in [-0.3, -0.25) is 14.6 Å². The third kappa shape index (κ3) is 4.76. The Bertz CT molecular complexity index is 926. The van der Waals surface area contributed by atoms with Gasteiger partial charge in [0.15, 0.2) is 0 Å². The molecule has 1 heterocycles. The lowest BCUT2D eigenvalue weighted by molar-refractivity contribution is -0.114. The molecule has 0 aliphatic carbocycles. The first kappa shape index (κ1) is 18.3. The third-order valence-electron chi connectivity index (χ3n) is 3.99. The van der Waals surface area contributed by atoms with E-state index in [1.165, 1.54) is 19.1 Å². The Labute approximate surface area is 156 Å². The molecule has 0 fully saturated rings. The zero-order valence-electron chi connectivity index (χ0n) is 14.6. The first-order valence-corrected chi connectivity index (χ1v) is 8.37. The predicted octanol–water partition coefficient (Wildman–Crippen LogP) is 3.70. The molecule has 6 heteroatoms. The maximum absolute atomic E-state index is 13.3. The van der Waals surface area contributed by atoms with Gasteiger partial charge in [-0.15, -0.1) is 0 Å². The number of benzene rings is 2. The van der Waals surface area contributed by atoms with Crippen LogP contribution in [0.1, 0.15) is 34.5 Å². The van der Waals surface area contributed by atoms with Crippen molar-refractivity contribution in [2.45, 2.75) is 13.0 Å². The van der Waals surface area contributed by atoms with Crippen LogP contribution in [-0.4, -0.2) is 16.8 Å². The molecule has 3 rings (SSSR count). The first-order chi connectivity index (χ1) is 13.0. The fourth-order valence-corrected chi connectivity index (χ4v) is 2.69. The number of halogens is 1. The van der Waals surface area contributed by atoms with Crippen LogP contribution < -0.4 is 10.6 Å². The summed E-state index contributed by atoms with van der Waals surface area (Å²) in [4.78, 5) is 27.8. The topological polar surface area (TPSA) is 71.1 Å². The van der Waals surface area contributed by atoms with Crippen molar-refractivity contribution in [2.24, 2.45) is 0 Å². The first-order valence-electron chi connectivity index (χ1n) is 8.37. The quantitative estimate of drug-likeness (QED) is 0.726. The second-order valence-electron chi connectivity index (χ2n) is 6.00. The average molecular weight is 363 g/mol. The van der Waals surface area contributed by atoms with E-state index >= 15 is 0 Å². The van der Waals surface area contributed by atoms with Crippen molar-refractivity contribution in [2.75, 3.05) is 5.32 Å². The zero-order valence-corrected chi connectivity index (χ0v) is 14.6. The number of hydrogen-bond donors (Lipinski definition) is 2. The van der Waals surface area contributed by atoms with Gasteiger partial charge in [0, 0.05) is 30.6 Å². The van der Waals surface area contributed by atoms with E-state index in [1.807, 2.05) is 0 Å². The van der Waals surface area contributed by atoms with Crippen molar-refractivity contribution in [3.8, 4) is 0 Å². The number of carbonyl (C=O) groups is 2. The van der Waals surface area contributed by atoms with Crippen LogP contribution in [0.4, 0.5) is 10.1 Å². The Kier molecular flexibility index (Phi) is 5.56. The fourth-order valence-electron chi connectivity index (χ4n) is 2.69. The molecule has 2 N–H and O–H groups in total. The molecule has 0 unspecified atom stereocenters. The molecule has 136 valence electrons. The van der Waals surface area contributed by atoms with E-state index < -0.39 is 6.04 Å². The van der Waals surface area contributed by atoms with Crippen LogP contribution in [0, 0.1) is 5.82 Å². The van der Waals surface area contributed by atoms with E-state index in [2.05, 4.69) is 15.6 Å². The summed E-state index contributed by atoms with van der Waals surface area (Å²) in [6.07, 6.45) is 3.28. The van der Waals surface area contributed by atoms with Gasteiger partial charge in [0.2, 0.25) is 5.91 Å². The number of pyridine rings is 1. The maximum Gasteiger partial charge on any atom is 0.252 e. The number of anilines is 1. The SMILES string of the molecule is CC(=O)Nc1ccc(C(=O)N[C@H](c2ccncc2)c2ccc(F)cc2)cc1. The molecule has 0 saturated heterocycles. The van der Waals surface area contributed by atoms with Crippen molar-refractivity contribution in [3.63, 3.8) is 0 Å². The number of aromatic nitrogens is 1. The van der Waals surface area contributed by atoms with Crippen molar-refractivity contribution in [1.82, 2.24) is 10.3 Å². The lowest BCUT2D eigenvalue weighted by Crippen LogP contribution is -2.29. The van der Waals surface area contributed by atoms with Crippen molar-refractivity contribution >= 4 is 17.5 Å². The molecule has 1 atom stereocenters. The number of carbonyl (C=O) groups excluding carboxylic acids is 2. The van der Waals surface area contributed by atoms with Crippen LogP contribution in [0.2, 0.25) is 0 Å². The minimum Gasteiger partial charge on any atom is -0.341 e. The van der Waals surface area contributed by atoms with E-state index in [0.717, 1.165) is 11.1 Å². The summed E-state index contributed by atoms with van der Waals surface area (Å²) in [7, 11) is 0. The molecule has 27 heavy (non-hydrogen) atoms. The Morgan fingerprint density at radius 1 is 0.889 bits per heavy atom. The van der Waals surface area contributed by atoms with Gasteiger partial charge in [-0.2, -0.15) is 0 Å². The number of amides is 2. The predicted molar refractivity (Wildman–Crippen MR) is 101 cm³/mol. The lowest BCUT2D eigenvalue weighted by atomic mass is 9.99. The Morgan fingerprint density at radius 3 is 2.07 bits per heavy atom. The van der Waals surface area contributed by atoms with Crippen molar-refractivity contribution in [3.05, 3.63) is 95.6 Å². The molecule has 2 aromatic carbocycles. The number of rotatable bonds is 5. The van der Waals surface area contributed by atoms with Gasteiger partial charge in [-0.05, 0) is 59.7 Å². The highest BCUT2D eigenvalue weighted by molar-refractivity contribution is 5.96. The molecule has 0 bridgehead atoms. The summed E-state index contributed by atoms with van der Waals surface area (Å²) >= 11 is 0. The number of nitrogens with zero attached hydrogens (tertiary/aromatic N) is 1. The molecule has 0 aliphatic heterocycles. The number of nitrogens with one attached hydrogen (secondary N) is 2. The van der Waals surface area contributed by atoms with Gasteiger partial charge >= 0.3 is 0 Å². The van der Waals surface area contributed by atoms with Crippen LogP contribution in [0.25, 0.3) is 0 Å². The van der Waals surface area contributed by atoms with E-state index in [9.17, 15) is 14.0 Å². The summed E-state index contributed by atoms with van der Waals surface area (Å²) < 4.78 is 13.3. The maximum atomic E-state index is 13.3. The standard InChI is InChI=1S/C21H18FN3O2/c1-14(26)24-19-8-4-17(5-9-19)21(27)25-20(16-10-12-23-13-11-16)15-2-6-18(22)7-3-15/h2-13,20H,1H3,(H,24,26)(H,25,27)/t20-/m0/s1. The Hall–Kier alpha value is -3.54. The smallest absolute Gasteiger partial charge is 0.252 e. The molecule has 3 aromatic rings. The van der Waals surface area contributed by atoms with Crippen LogP contribution in [0.3, 0.4) is 0 Å². The van der Waals surface area contributed by atoms with Gasteiger partial charge in [0.1, 0.15) is 5.82 Å². The minimum absolute atomic E-state index is 0.179. The summed E-state index contributed by atoms with van der Waals surface area (Å²) in [5.41, 5.74) is 2.65. The second kappa shape index (κ2) is 8.23.